The van der Waals surface area contributed by atoms with Gasteiger partial charge in [-0.25, -0.2) is 0 Å². The van der Waals surface area contributed by atoms with E-state index in [1.807, 2.05) is 6.07 Å². The normalized spacial score (nSPS) is 10.8. The van der Waals surface area contributed by atoms with E-state index in [1.54, 1.807) is 18.2 Å². The maximum Gasteiger partial charge on any atom is 0.416 e. The molecule has 0 unspecified atom stereocenters. The van der Waals surface area contributed by atoms with Crippen LogP contribution in [-0.2, 0) is 6.18 Å². The zero-order chi connectivity index (χ0) is 15.5. The number of halogens is 3. The largest absolute Gasteiger partial charge is 0.416 e. The lowest BCUT2D eigenvalue weighted by molar-refractivity contribution is -0.137. The van der Waals surface area contributed by atoms with Crippen molar-refractivity contribution in [2.24, 2.45) is 0 Å². The van der Waals surface area contributed by atoms with Crippen molar-refractivity contribution in [3.05, 3.63) is 65.2 Å². The second-order valence-corrected chi connectivity index (χ2v) is 4.23. The van der Waals surface area contributed by atoms with Gasteiger partial charge in [0.15, 0.2) is 0 Å². The summed E-state index contributed by atoms with van der Waals surface area (Å²) in [5.74, 6) is -0.670. The Morgan fingerprint density at radius 3 is 2.48 bits per heavy atom. The molecule has 0 radical (unpaired) electrons. The average Bonchev–Trinajstić information content (AvgIpc) is 2.46. The van der Waals surface area contributed by atoms with Gasteiger partial charge < -0.3 is 5.32 Å². The summed E-state index contributed by atoms with van der Waals surface area (Å²) >= 11 is 0. The molecule has 0 fully saturated rings. The number of nitrogens with zero attached hydrogens (tertiary/aromatic N) is 1. The van der Waals surface area contributed by atoms with Crippen LogP contribution in [0, 0.1) is 11.3 Å². The lowest BCUT2D eigenvalue weighted by Crippen LogP contribution is -2.14. The standard InChI is InChI=1S/C15H9F3N2O/c16-15(17,18)12-5-2-4-11(8-12)14(21)20-13-6-1-3-10(7-13)9-19/h1-8H,(H,20,21). The SMILES string of the molecule is N#Cc1cccc(NC(=O)c2cccc(C(F)(F)F)c2)c1. The van der Waals surface area contributed by atoms with Gasteiger partial charge in [-0.05, 0) is 36.4 Å². The van der Waals surface area contributed by atoms with Gasteiger partial charge in [0.25, 0.3) is 5.91 Å². The fraction of sp³-hybridized carbons (Fsp3) is 0.0667. The Hall–Kier alpha value is -2.81. The van der Waals surface area contributed by atoms with Crippen molar-refractivity contribution < 1.29 is 18.0 Å². The molecule has 2 aromatic rings. The van der Waals surface area contributed by atoms with Crippen LogP contribution in [0.2, 0.25) is 0 Å². The van der Waals surface area contributed by atoms with Crippen LogP contribution >= 0.6 is 0 Å². The minimum absolute atomic E-state index is 0.104. The fourth-order valence-corrected chi connectivity index (χ4v) is 1.71. The molecule has 0 heterocycles. The zero-order valence-corrected chi connectivity index (χ0v) is 10.6. The maximum absolute atomic E-state index is 12.6. The van der Waals surface area contributed by atoms with Gasteiger partial charge in [-0.2, -0.15) is 18.4 Å². The van der Waals surface area contributed by atoms with E-state index < -0.39 is 17.6 Å². The monoisotopic (exact) mass is 290 g/mol. The molecule has 0 aromatic heterocycles. The molecular formula is C15H9F3N2O. The first-order valence-electron chi connectivity index (χ1n) is 5.89. The van der Waals surface area contributed by atoms with E-state index in [0.29, 0.717) is 11.3 Å². The van der Waals surface area contributed by atoms with Crippen molar-refractivity contribution >= 4 is 11.6 Å². The van der Waals surface area contributed by atoms with Crippen molar-refractivity contribution in [3.8, 4) is 6.07 Å². The number of benzene rings is 2. The Kier molecular flexibility index (Phi) is 3.94. The van der Waals surface area contributed by atoms with E-state index in [0.717, 1.165) is 12.1 Å². The van der Waals surface area contributed by atoms with Gasteiger partial charge in [0.05, 0.1) is 17.2 Å². The predicted molar refractivity (Wildman–Crippen MR) is 70.6 cm³/mol. The van der Waals surface area contributed by atoms with Crippen molar-refractivity contribution in [3.63, 3.8) is 0 Å². The molecular weight excluding hydrogens is 281 g/mol. The third-order valence-electron chi connectivity index (χ3n) is 2.70. The predicted octanol–water partition coefficient (Wildman–Crippen LogP) is 3.83. The number of carbonyl (C=O) groups excluding carboxylic acids is 1. The summed E-state index contributed by atoms with van der Waals surface area (Å²) in [4.78, 5) is 11.9. The van der Waals surface area contributed by atoms with Gasteiger partial charge in [-0.1, -0.05) is 12.1 Å². The smallest absolute Gasteiger partial charge is 0.322 e. The van der Waals surface area contributed by atoms with Crippen LogP contribution in [0.15, 0.2) is 48.5 Å². The number of hydrogen-bond donors (Lipinski definition) is 1. The van der Waals surface area contributed by atoms with Crippen LogP contribution in [0.4, 0.5) is 18.9 Å². The minimum Gasteiger partial charge on any atom is -0.322 e. The van der Waals surface area contributed by atoms with E-state index >= 15 is 0 Å². The molecule has 0 aliphatic carbocycles. The van der Waals surface area contributed by atoms with E-state index in [1.165, 1.54) is 18.2 Å². The number of nitriles is 1. The first-order chi connectivity index (χ1) is 9.90. The van der Waals surface area contributed by atoms with Crippen molar-refractivity contribution in [1.82, 2.24) is 0 Å². The molecule has 2 aromatic carbocycles. The van der Waals surface area contributed by atoms with E-state index in [2.05, 4.69) is 5.32 Å². The summed E-state index contributed by atoms with van der Waals surface area (Å²) in [6.45, 7) is 0. The number of amides is 1. The lowest BCUT2D eigenvalue weighted by Gasteiger charge is -2.09. The number of rotatable bonds is 2. The highest BCUT2D eigenvalue weighted by Gasteiger charge is 2.30. The van der Waals surface area contributed by atoms with Gasteiger partial charge in [-0.15, -0.1) is 0 Å². The molecule has 1 amide bonds. The van der Waals surface area contributed by atoms with Crippen LogP contribution in [-0.4, -0.2) is 5.91 Å². The second kappa shape index (κ2) is 5.67. The summed E-state index contributed by atoms with van der Waals surface area (Å²) in [5.41, 5.74) is -0.304. The Balaban J connectivity index is 2.23. The number of anilines is 1. The second-order valence-electron chi connectivity index (χ2n) is 4.23. The molecule has 0 atom stereocenters. The quantitative estimate of drug-likeness (QED) is 0.913. The summed E-state index contributed by atoms with van der Waals surface area (Å²) in [6.07, 6.45) is -4.50. The number of carbonyl (C=O) groups is 1. The molecule has 0 aliphatic rings. The lowest BCUT2D eigenvalue weighted by atomic mass is 10.1. The van der Waals surface area contributed by atoms with Crippen LogP contribution < -0.4 is 5.32 Å². The third kappa shape index (κ3) is 3.60. The van der Waals surface area contributed by atoms with Gasteiger partial charge >= 0.3 is 6.18 Å². The Bertz CT molecular complexity index is 717. The van der Waals surface area contributed by atoms with Crippen molar-refractivity contribution in [2.75, 3.05) is 5.32 Å². The molecule has 6 heteroatoms. The maximum atomic E-state index is 12.6. The molecule has 1 N–H and O–H groups in total. The van der Waals surface area contributed by atoms with Gasteiger partial charge in [0, 0.05) is 11.3 Å². The van der Waals surface area contributed by atoms with E-state index in [-0.39, 0.29) is 5.56 Å². The molecule has 0 saturated carbocycles. The zero-order valence-electron chi connectivity index (χ0n) is 10.6. The van der Waals surface area contributed by atoms with E-state index in [4.69, 9.17) is 5.26 Å². The van der Waals surface area contributed by atoms with E-state index in [9.17, 15) is 18.0 Å². The molecule has 2 rings (SSSR count). The summed E-state index contributed by atoms with van der Waals surface area (Å²) in [7, 11) is 0. The Labute approximate surface area is 118 Å². The van der Waals surface area contributed by atoms with Crippen LogP contribution in [0.5, 0.6) is 0 Å². The van der Waals surface area contributed by atoms with Crippen LogP contribution in [0.25, 0.3) is 0 Å². The first kappa shape index (κ1) is 14.6. The average molecular weight is 290 g/mol. The highest BCUT2D eigenvalue weighted by atomic mass is 19.4. The van der Waals surface area contributed by atoms with Gasteiger partial charge in [0.2, 0.25) is 0 Å². The van der Waals surface area contributed by atoms with Crippen LogP contribution in [0.1, 0.15) is 21.5 Å². The van der Waals surface area contributed by atoms with Crippen LogP contribution in [0.3, 0.4) is 0 Å². The number of nitrogens with one attached hydrogen (secondary N) is 1. The third-order valence-corrected chi connectivity index (χ3v) is 2.70. The molecule has 0 spiro atoms. The number of hydrogen-bond acceptors (Lipinski definition) is 2. The highest BCUT2D eigenvalue weighted by Crippen LogP contribution is 2.29. The Morgan fingerprint density at radius 1 is 1.10 bits per heavy atom. The molecule has 0 saturated heterocycles. The summed E-state index contributed by atoms with van der Waals surface area (Å²) < 4.78 is 37.8. The Morgan fingerprint density at radius 2 is 1.81 bits per heavy atom. The topological polar surface area (TPSA) is 52.9 Å². The summed E-state index contributed by atoms with van der Waals surface area (Å²) in [6, 6.07) is 12.2. The van der Waals surface area contributed by atoms with Gasteiger partial charge in [-0.3, -0.25) is 4.79 Å². The molecule has 3 nitrogen and oxygen atoms in total. The number of alkyl halides is 3. The van der Waals surface area contributed by atoms with Crippen molar-refractivity contribution in [2.45, 2.75) is 6.18 Å². The van der Waals surface area contributed by atoms with Crippen molar-refractivity contribution in [1.29, 1.82) is 5.26 Å². The molecule has 21 heavy (non-hydrogen) atoms. The fourth-order valence-electron chi connectivity index (χ4n) is 1.71. The highest BCUT2D eigenvalue weighted by molar-refractivity contribution is 6.04. The molecule has 0 bridgehead atoms. The van der Waals surface area contributed by atoms with Gasteiger partial charge in [0.1, 0.15) is 0 Å². The summed E-state index contributed by atoms with van der Waals surface area (Å²) in [5, 5.41) is 11.2. The minimum atomic E-state index is -4.50. The first-order valence-corrected chi connectivity index (χ1v) is 5.89. The molecule has 106 valence electrons. The molecule has 0 aliphatic heterocycles.